The van der Waals surface area contributed by atoms with Gasteiger partial charge in [0, 0.05) is 6.42 Å². The Morgan fingerprint density at radius 2 is 1.93 bits per heavy atom. The first-order chi connectivity index (χ1) is 6.92. The van der Waals surface area contributed by atoms with Gasteiger partial charge in [-0.05, 0) is 50.9 Å². The molecule has 1 fully saturated rings. The van der Waals surface area contributed by atoms with Gasteiger partial charge in [-0.25, -0.2) is 0 Å². The first-order valence-electron chi connectivity index (χ1n) is 6.07. The Kier molecular flexibility index (Phi) is 4.12. The highest BCUT2D eigenvalue weighted by Crippen LogP contribution is 2.54. The zero-order valence-electron chi connectivity index (χ0n) is 10.6. The van der Waals surface area contributed by atoms with Gasteiger partial charge in [-0.3, -0.25) is 0 Å². The Bertz CT molecular complexity index is 261. The lowest BCUT2D eigenvalue weighted by Gasteiger charge is -2.02. The van der Waals surface area contributed by atoms with Crippen LogP contribution in [0.15, 0.2) is 11.6 Å². The minimum Gasteiger partial charge on any atom is -0.300 e. The fraction of sp³-hybridized carbons (Fsp3) is 0.786. The summed E-state index contributed by atoms with van der Waals surface area (Å²) < 4.78 is 0. The number of rotatable bonds is 6. The third-order valence-electron chi connectivity index (χ3n) is 3.60. The maximum atomic E-state index is 10.8. The van der Waals surface area contributed by atoms with Gasteiger partial charge in [-0.15, -0.1) is 0 Å². The van der Waals surface area contributed by atoms with Gasteiger partial charge in [0.05, 0.1) is 0 Å². The topological polar surface area (TPSA) is 17.1 Å². The molecule has 0 saturated heterocycles. The number of hydrogen-bond donors (Lipinski definition) is 0. The summed E-state index contributed by atoms with van der Waals surface area (Å²) >= 11 is 0. The monoisotopic (exact) mass is 208 g/mol. The van der Waals surface area contributed by atoms with E-state index in [1.54, 1.807) is 6.92 Å². The molecule has 0 spiro atoms. The summed E-state index contributed by atoms with van der Waals surface area (Å²) in [5.41, 5.74) is 1.99. The first kappa shape index (κ1) is 12.5. The molecule has 1 aliphatic carbocycles. The molecule has 1 aliphatic rings. The number of Topliss-reactive ketones (excluding diaryl/α,β-unsaturated/α-hetero) is 1. The van der Waals surface area contributed by atoms with E-state index in [0.717, 1.165) is 12.3 Å². The molecule has 0 unspecified atom stereocenters. The molecule has 0 radical (unpaired) electrons. The number of hydrogen-bond acceptors (Lipinski definition) is 1. The van der Waals surface area contributed by atoms with Gasteiger partial charge < -0.3 is 4.79 Å². The summed E-state index contributed by atoms with van der Waals surface area (Å²) in [5, 5.41) is 0. The Hall–Kier alpha value is -0.590. The van der Waals surface area contributed by atoms with Crippen LogP contribution >= 0.6 is 0 Å². The largest absolute Gasteiger partial charge is 0.300 e. The zero-order chi connectivity index (χ0) is 11.5. The first-order valence-corrected chi connectivity index (χ1v) is 6.07. The fourth-order valence-electron chi connectivity index (χ4n) is 2.08. The molecule has 1 nitrogen and oxygen atoms in total. The number of carbonyl (C=O) groups is 1. The van der Waals surface area contributed by atoms with Crippen molar-refractivity contribution < 1.29 is 4.79 Å². The maximum absolute atomic E-state index is 10.8. The van der Waals surface area contributed by atoms with E-state index in [4.69, 9.17) is 0 Å². The summed E-state index contributed by atoms with van der Waals surface area (Å²) in [7, 11) is 0. The van der Waals surface area contributed by atoms with Crippen molar-refractivity contribution in [2.75, 3.05) is 0 Å². The third-order valence-corrected chi connectivity index (χ3v) is 3.60. The standard InChI is InChI=1S/C14H24O/c1-11(8-9-12(2)15)6-5-7-13-10-14(13,3)4/h6,13H,5,7-10H2,1-4H3/b11-6+/t13-/m1/s1. The van der Waals surface area contributed by atoms with E-state index >= 15 is 0 Å². The highest BCUT2D eigenvalue weighted by Gasteiger charge is 2.44. The van der Waals surface area contributed by atoms with Crippen molar-refractivity contribution in [3.63, 3.8) is 0 Å². The minimum atomic E-state index is 0.297. The lowest BCUT2D eigenvalue weighted by molar-refractivity contribution is -0.116. The molecule has 0 aromatic rings. The molecule has 0 aromatic heterocycles. The molecule has 0 amide bonds. The van der Waals surface area contributed by atoms with Crippen molar-refractivity contribution in [3.05, 3.63) is 11.6 Å². The lowest BCUT2D eigenvalue weighted by Crippen LogP contribution is -1.91. The summed E-state index contributed by atoms with van der Waals surface area (Å²) in [5.74, 6) is 1.24. The SMILES string of the molecule is CC(=O)CC/C(C)=C/CC[C@@H]1CC1(C)C. The van der Waals surface area contributed by atoms with Gasteiger partial charge >= 0.3 is 0 Å². The Morgan fingerprint density at radius 1 is 1.33 bits per heavy atom. The summed E-state index contributed by atoms with van der Waals surface area (Å²) in [6.07, 6.45) is 7.88. The van der Waals surface area contributed by atoms with Crippen LogP contribution in [-0.2, 0) is 4.79 Å². The van der Waals surface area contributed by atoms with Crippen molar-refractivity contribution in [1.29, 1.82) is 0 Å². The van der Waals surface area contributed by atoms with Crippen LogP contribution in [0.3, 0.4) is 0 Å². The van der Waals surface area contributed by atoms with Gasteiger partial charge in [-0.2, -0.15) is 0 Å². The minimum absolute atomic E-state index is 0.297. The van der Waals surface area contributed by atoms with Crippen molar-refractivity contribution in [1.82, 2.24) is 0 Å². The van der Waals surface area contributed by atoms with Crippen LogP contribution in [0.2, 0.25) is 0 Å². The molecule has 86 valence electrons. The molecule has 1 saturated carbocycles. The van der Waals surface area contributed by atoms with E-state index in [0.29, 0.717) is 17.6 Å². The molecule has 0 bridgehead atoms. The predicted octanol–water partition coefficient (Wildman–Crippen LogP) is 4.13. The van der Waals surface area contributed by atoms with Crippen molar-refractivity contribution in [2.24, 2.45) is 11.3 Å². The van der Waals surface area contributed by atoms with Gasteiger partial charge in [0.25, 0.3) is 0 Å². The molecule has 0 N–H and O–H groups in total. The van der Waals surface area contributed by atoms with Crippen LogP contribution in [0, 0.1) is 11.3 Å². The molecule has 15 heavy (non-hydrogen) atoms. The van der Waals surface area contributed by atoms with E-state index in [9.17, 15) is 4.79 Å². The van der Waals surface area contributed by atoms with Crippen LogP contribution in [0.25, 0.3) is 0 Å². The summed E-state index contributed by atoms with van der Waals surface area (Å²) in [6, 6.07) is 0. The van der Waals surface area contributed by atoms with Crippen LogP contribution < -0.4 is 0 Å². The molecule has 1 atom stereocenters. The number of allylic oxidation sites excluding steroid dienone is 2. The van der Waals surface area contributed by atoms with Gasteiger partial charge in [0.2, 0.25) is 0 Å². The van der Waals surface area contributed by atoms with E-state index < -0.39 is 0 Å². The fourth-order valence-corrected chi connectivity index (χ4v) is 2.08. The normalized spacial score (nSPS) is 24.0. The average Bonchev–Trinajstić information content (AvgIpc) is 2.71. The Labute approximate surface area is 93.9 Å². The van der Waals surface area contributed by atoms with Gasteiger partial charge in [-0.1, -0.05) is 25.5 Å². The average molecular weight is 208 g/mol. The van der Waals surface area contributed by atoms with Crippen LogP contribution in [-0.4, -0.2) is 5.78 Å². The second-order valence-corrected chi connectivity index (χ2v) is 5.72. The van der Waals surface area contributed by atoms with Crippen LogP contribution in [0.1, 0.15) is 59.8 Å². The molecular formula is C14H24O. The molecule has 1 rings (SSSR count). The molecule has 0 aliphatic heterocycles. The van der Waals surface area contributed by atoms with E-state index in [-0.39, 0.29) is 0 Å². The van der Waals surface area contributed by atoms with E-state index in [1.807, 2.05) is 0 Å². The Balaban J connectivity index is 2.12. The maximum Gasteiger partial charge on any atom is 0.130 e. The smallest absolute Gasteiger partial charge is 0.130 e. The zero-order valence-corrected chi connectivity index (χ0v) is 10.6. The van der Waals surface area contributed by atoms with Crippen molar-refractivity contribution in [3.8, 4) is 0 Å². The second-order valence-electron chi connectivity index (χ2n) is 5.72. The highest BCUT2D eigenvalue weighted by molar-refractivity contribution is 5.75. The van der Waals surface area contributed by atoms with Gasteiger partial charge in [0.15, 0.2) is 0 Å². The van der Waals surface area contributed by atoms with E-state index in [1.165, 1.54) is 24.8 Å². The third kappa shape index (κ3) is 4.63. The van der Waals surface area contributed by atoms with Crippen molar-refractivity contribution in [2.45, 2.75) is 59.8 Å². The van der Waals surface area contributed by atoms with Crippen LogP contribution in [0.4, 0.5) is 0 Å². The molecule has 1 heteroatoms. The predicted molar refractivity (Wildman–Crippen MR) is 64.8 cm³/mol. The second kappa shape index (κ2) is 4.96. The summed E-state index contributed by atoms with van der Waals surface area (Å²) in [4.78, 5) is 10.8. The lowest BCUT2D eigenvalue weighted by atomic mass is 10.0. The highest BCUT2D eigenvalue weighted by atomic mass is 16.1. The summed E-state index contributed by atoms with van der Waals surface area (Å²) in [6.45, 7) is 8.51. The molecule has 0 aromatic carbocycles. The van der Waals surface area contributed by atoms with Crippen molar-refractivity contribution >= 4 is 5.78 Å². The van der Waals surface area contributed by atoms with Crippen LogP contribution in [0.5, 0.6) is 0 Å². The van der Waals surface area contributed by atoms with E-state index in [2.05, 4.69) is 26.8 Å². The molecule has 0 heterocycles. The quantitative estimate of drug-likeness (QED) is 0.600. The number of carbonyl (C=O) groups excluding carboxylic acids is 1. The molecular weight excluding hydrogens is 184 g/mol. The Morgan fingerprint density at radius 3 is 2.40 bits per heavy atom. The van der Waals surface area contributed by atoms with Gasteiger partial charge in [0.1, 0.15) is 5.78 Å². The number of ketones is 1.